The molecule has 0 amide bonds. The fraction of sp³-hybridized carbons (Fsp3) is 0.265. The number of aromatic amines is 2. The van der Waals surface area contributed by atoms with Gasteiger partial charge in [0.1, 0.15) is 24.2 Å². The lowest BCUT2D eigenvalue weighted by atomic mass is 9.92. The summed E-state index contributed by atoms with van der Waals surface area (Å²) in [5.41, 5.74) is 35.2. The molecule has 2 N–H and O–H groups in total. The van der Waals surface area contributed by atoms with Crippen LogP contribution in [0.15, 0.2) is 109 Å². The number of aryl methyl sites for hydroxylation is 3. The van der Waals surface area contributed by atoms with E-state index in [0.29, 0.717) is 16.6 Å². The number of H-pyrrole nitrogens is 2. The summed E-state index contributed by atoms with van der Waals surface area (Å²) in [7, 11) is -5.08. The van der Waals surface area contributed by atoms with Gasteiger partial charge in [-0.05, 0) is 156 Å². The average Bonchev–Trinajstić information content (AvgIpc) is 4.21. The van der Waals surface area contributed by atoms with Gasteiger partial charge in [-0.2, -0.15) is 0 Å². The van der Waals surface area contributed by atoms with Gasteiger partial charge in [0, 0.05) is 61.0 Å². The van der Waals surface area contributed by atoms with Crippen molar-refractivity contribution in [3.8, 4) is 78.9 Å². The molecular formula is C68H72N4Si3. The van der Waals surface area contributed by atoms with Crippen LogP contribution in [0.2, 0.25) is 55.9 Å². The number of hydrogen-bond donors (Lipinski definition) is 2. The highest BCUT2D eigenvalue weighted by atomic mass is 28.3. The van der Waals surface area contributed by atoms with Crippen molar-refractivity contribution in [2.75, 3.05) is 0 Å². The second-order valence-corrected chi connectivity index (χ2v) is 38.7. The van der Waals surface area contributed by atoms with Crippen LogP contribution in [0, 0.1) is 55.2 Å². The summed E-state index contributed by atoms with van der Waals surface area (Å²) in [6, 6.07) is 39.6. The third kappa shape index (κ3) is 11.1. The fourth-order valence-electron chi connectivity index (χ4n) is 11.2. The van der Waals surface area contributed by atoms with E-state index in [1.807, 2.05) is 0 Å². The van der Waals surface area contributed by atoms with Crippen molar-refractivity contribution in [1.82, 2.24) is 19.9 Å². The Morgan fingerprint density at radius 1 is 0.373 bits per heavy atom. The number of nitrogens with one attached hydrogen (secondary N) is 2. The SMILES string of the molecule is Cc1cc(C)c(-c2c3nc(c(-c4ccc(C#C[Si](C(C)C)(C(C)C)C(C)C)cc4)c4ccc([nH]4)c(-c4ccc(C#C[Si](C)(C)C)cc4)c4nc(c(-c5ccc(C#C[Si](C)(C)C)cc5)c5ccc2[nH]5)C=C4)C=C3)c(C)c1. The highest BCUT2D eigenvalue weighted by molar-refractivity contribution is 6.90. The van der Waals surface area contributed by atoms with Gasteiger partial charge < -0.3 is 9.97 Å². The molecule has 4 nitrogen and oxygen atoms in total. The van der Waals surface area contributed by atoms with E-state index in [4.69, 9.17) is 9.97 Å². The molecule has 2 aliphatic rings. The number of aromatic nitrogens is 4. The van der Waals surface area contributed by atoms with Gasteiger partial charge in [0.05, 0.1) is 22.8 Å². The topological polar surface area (TPSA) is 57.4 Å². The molecule has 5 heterocycles. The Morgan fingerprint density at radius 2 is 0.667 bits per heavy atom. The van der Waals surface area contributed by atoms with E-state index in [0.717, 1.165) is 100 Å². The first-order valence-electron chi connectivity index (χ1n) is 26.7. The van der Waals surface area contributed by atoms with E-state index in [1.165, 1.54) is 22.3 Å². The van der Waals surface area contributed by atoms with Crippen LogP contribution in [-0.2, 0) is 0 Å². The van der Waals surface area contributed by atoms with E-state index in [9.17, 15) is 0 Å². The quantitative estimate of drug-likeness (QED) is 0.123. The van der Waals surface area contributed by atoms with Crippen molar-refractivity contribution < 1.29 is 0 Å². The molecule has 0 unspecified atom stereocenters. The van der Waals surface area contributed by atoms with Gasteiger partial charge in [0.2, 0.25) is 0 Å². The van der Waals surface area contributed by atoms with Crippen LogP contribution in [0.4, 0.5) is 0 Å². The summed E-state index contributed by atoms with van der Waals surface area (Å²) in [5, 5.41) is 0. The Bertz CT molecular complexity index is 3750. The zero-order valence-corrected chi connectivity index (χ0v) is 49.8. The van der Waals surface area contributed by atoms with Crippen molar-refractivity contribution in [1.29, 1.82) is 0 Å². The van der Waals surface area contributed by atoms with Crippen molar-refractivity contribution in [3.63, 3.8) is 0 Å². The first-order valence-corrected chi connectivity index (χ1v) is 36.0. The zero-order valence-electron chi connectivity index (χ0n) is 46.8. The third-order valence-electron chi connectivity index (χ3n) is 14.7. The van der Waals surface area contributed by atoms with Crippen molar-refractivity contribution in [2.45, 2.75) is 118 Å². The summed E-state index contributed by atoms with van der Waals surface area (Å²) in [4.78, 5) is 19.2. The van der Waals surface area contributed by atoms with Crippen LogP contribution in [0.5, 0.6) is 0 Å². The monoisotopic (exact) mass is 1030 g/mol. The summed E-state index contributed by atoms with van der Waals surface area (Å²) in [6.07, 6.45) is 8.72. The molecule has 0 saturated carbocycles. The molecule has 0 atom stereocenters. The summed E-state index contributed by atoms with van der Waals surface area (Å²) < 4.78 is 0. The average molecular weight is 1030 g/mol. The van der Waals surface area contributed by atoms with Gasteiger partial charge in [-0.3, -0.25) is 0 Å². The molecule has 75 heavy (non-hydrogen) atoms. The van der Waals surface area contributed by atoms with Crippen molar-refractivity contribution in [3.05, 3.63) is 165 Å². The van der Waals surface area contributed by atoms with Gasteiger partial charge in [0.25, 0.3) is 0 Å². The van der Waals surface area contributed by atoms with Gasteiger partial charge in [-0.15, -0.1) is 16.6 Å². The third-order valence-corrected chi connectivity index (χ3v) is 22.7. The predicted molar refractivity (Wildman–Crippen MR) is 333 cm³/mol. The van der Waals surface area contributed by atoms with Crippen molar-refractivity contribution >= 4 is 70.6 Å². The van der Waals surface area contributed by atoms with Crippen molar-refractivity contribution in [2.24, 2.45) is 0 Å². The Balaban J connectivity index is 1.37. The number of rotatable bonds is 7. The minimum Gasteiger partial charge on any atom is -0.354 e. The summed E-state index contributed by atoms with van der Waals surface area (Å²) >= 11 is 0. The molecule has 0 saturated heterocycles. The van der Waals surface area contributed by atoms with Crippen LogP contribution < -0.4 is 0 Å². The molecule has 7 aromatic rings. The second-order valence-electron chi connectivity index (χ2n) is 23.7. The molecule has 2 aliphatic heterocycles. The lowest BCUT2D eigenvalue weighted by Crippen LogP contribution is -2.43. The Labute approximate surface area is 450 Å². The van der Waals surface area contributed by atoms with Crippen LogP contribution >= 0.6 is 0 Å². The molecular weight excluding hydrogens is 957 g/mol. The maximum atomic E-state index is 5.65. The summed E-state index contributed by atoms with van der Waals surface area (Å²) in [5.74, 6) is 10.6. The van der Waals surface area contributed by atoms with Gasteiger partial charge in [-0.25, -0.2) is 9.97 Å². The molecule has 0 radical (unpaired) electrons. The molecule has 3 aromatic heterocycles. The molecule has 0 fully saturated rings. The normalized spacial score (nSPS) is 12.4. The van der Waals surface area contributed by atoms with Gasteiger partial charge in [-0.1, -0.05) is 153 Å². The maximum absolute atomic E-state index is 5.65. The zero-order chi connectivity index (χ0) is 53.6. The largest absolute Gasteiger partial charge is 0.354 e. The van der Waals surface area contributed by atoms with E-state index in [2.05, 4.69) is 279 Å². The molecule has 376 valence electrons. The lowest BCUT2D eigenvalue weighted by Gasteiger charge is -2.38. The summed E-state index contributed by atoms with van der Waals surface area (Å²) in [6.45, 7) is 34.5. The van der Waals surface area contributed by atoms with E-state index in [1.54, 1.807) is 0 Å². The predicted octanol–water partition coefficient (Wildman–Crippen LogP) is 18.3. The Hall–Kier alpha value is -7.19. The Kier molecular flexibility index (Phi) is 14.6. The number of fused-ring (bicyclic) bond motifs is 8. The first kappa shape index (κ1) is 52.7. The van der Waals surface area contributed by atoms with Gasteiger partial charge >= 0.3 is 0 Å². The molecule has 8 bridgehead atoms. The van der Waals surface area contributed by atoms with E-state index >= 15 is 0 Å². The molecule has 4 aromatic carbocycles. The minimum atomic E-state index is -1.93. The molecule has 7 heteroatoms. The van der Waals surface area contributed by atoms with Crippen LogP contribution in [0.1, 0.15) is 97.7 Å². The highest BCUT2D eigenvalue weighted by Gasteiger charge is 2.41. The second kappa shape index (κ2) is 20.8. The number of benzene rings is 4. The van der Waals surface area contributed by atoms with E-state index in [-0.39, 0.29) is 0 Å². The highest BCUT2D eigenvalue weighted by Crippen LogP contribution is 2.42. The van der Waals surface area contributed by atoms with Crippen LogP contribution in [0.25, 0.3) is 90.9 Å². The Morgan fingerprint density at radius 3 is 0.973 bits per heavy atom. The lowest BCUT2D eigenvalue weighted by molar-refractivity contribution is 0.838. The maximum Gasteiger partial charge on any atom is 0.146 e. The smallest absolute Gasteiger partial charge is 0.146 e. The van der Waals surface area contributed by atoms with E-state index < -0.39 is 24.2 Å². The molecule has 0 aliphatic carbocycles. The standard InChI is InChI=1S/C68H72N4Si3/c1-44(2)75(45(3)4,46(5)6)41-38-52-20-26-55(27-21-52)67-59-31-29-57(70-59)65(53-22-16-50(17-23-53)36-39-73(10,11)12)56-28-30-58(69-56)66(54-24-18-51(19-25-54)37-40-74(13,14)15)60-32-34-62(71-60)68(63-35-33-61(67)72-63)64-48(8)42-47(7)43-49(64)9/h16-35,42-46,70-71H,1-15H3. The van der Waals surface area contributed by atoms with Crippen LogP contribution in [0.3, 0.4) is 0 Å². The molecule has 9 rings (SSSR count). The number of nitrogens with zero attached hydrogens (tertiary/aromatic N) is 2. The first-order chi connectivity index (χ1) is 35.6. The van der Waals surface area contributed by atoms with Crippen LogP contribution in [-0.4, -0.2) is 44.2 Å². The van der Waals surface area contributed by atoms with Gasteiger partial charge in [0.15, 0.2) is 0 Å². The fourth-order valence-corrected chi connectivity index (χ4v) is 17.5. The number of hydrogen-bond acceptors (Lipinski definition) is 2. The molecule has 0 spiro atoms. The minimum absolute atomic E-state index is 0.556.